The van der Waals surface area contributed by atoms with Crippen LogP contribution in [0.3, 0.4) is 0 Å². The quantitative estimate of drug-likeness (QED) is 0.837. The smallest absolute Gasteiger partial charge is 0.0587 e. The number of aliphatic hydroxyl groups is 1. The van der Waals surface area contributed by atoms with Crippen LogP contribution >= 0.6 is 0 Å². The number of likely N-dealkylation sites (tertiary alicyclic amines) is 1. The fraction of sp³-hybridized carbons (Fsp3) is 0.571. The molecule has 1 aliphatic heterocycles. The third-order valence-electron chi connectivity index (χ3n) is 4.12. The molecule has 1 aromatic carbocycles. The first-order valence-corrected chi connectivity index (χ1v) is 6.20. The van der Waals surface area contributed by atoms with E-state index in [1.165, 1.54) is 31.4 Å². The van der Waals surface area contributed by atoms with E-state index in [1.807, 2.05) is 0 Å². The van der Waals surface area contributed by atoms with Crippen molar-refractivity contribution in [2.75, 3.05) is 13.2 Å². The summed E-state index contributed by atoms with van der Waals surface area (Å²) in [6.45, 7) is 2.50. The topological polar surface area (TPSA) is 23.5 Å². The first kappa shape index (κ1) is 10.3. The van der Waals surface area contributed by atoms with E-state index in [9.17, 15) is 5.11 Å². The summed E-state index contributed by atoms with van der Waals surface area (Å²) in [5.74, 6) is 0. The Kier molecular flexibility index (Phi) is 2.49. The van der Waals surface area contributed by atoms with Crippen molar-refractivity contribution in [1.29, 1.82) is 0 Å². The van der Waals surface area contributed by atoms with E-state index >= 15 is 0 Å². The molecule has 1 saturated heterocycles. The SMILES string of the molecule is OCC1CC2(CC2)CN1Cc1ccccc1. The van der Waals surface area contributed by atoms with Gasteiger partial charge in [-0.1, -0.05) is 30.3 Å². The molecule has 1 saturated carbocycles. The Morgan fingerprint density at radius 2 is 2.00 bits per heavy atom. The van der Waals surface area contributed by atoms with E-state index < -0.39 is 0 Å². The maximum absolute atomic E-state index is 9.43. The second kappa shape index (κ2) is 3.86. The first-order chi connectivity index (χ1) is 7.81. The summed E-state index contributed by atoms with van der Waals surface area (Å²) < 4.78 is 0. The number of benzene rings is 1. The molecule has 1 heterocycles. The average molecular weight is 217 g/mol. The van der Waals surface area contributed by atoms with Crippen molar-refractivity contribution in [3.05, 3.63) is 35.9 Å². The van der Waals surface area contributed by atoms with E-state index in [0.717, 1.165) is 6.54 Å². The molecule has 0 radical (unpaired) electrons. The van der Waals surface area contributed by atoms with Crippen LogP contribution < -0.4 is 0 Å². The van der Waals surface area contributed by atoms with E-state index in [2.05, 4.69) is 35.2 Å². The minimum absolute atomic E-state index is 0.314. The highest BCUT2D eigenvalue weighted by Gasteiger charge is 2.51. The summed E-state index contributed by atoms with van der Waals surface area (Å²) >= 11 is 0. The maximum Gasteiger partial charge on any atom is 0.0587 e. The summed E-state index contributed by atoms with van der Waals surface area (Å²) in [4.78, 5) is 2.46. The van der Waals surface area contributed by atoms with Gasteiger partial charge in [0, 0.05) is 19.1 Å². The van der Waals surface area contributed by atoms with Crippen molar-refractivity contribution in [1.82, 2.24) is 4.90 Å². The van der Waals surface area contributed by atoms with Gasteiger partial charge in [-0.15, -0.1) is 0 Å². The molecule has 1 aromatic rings. The molecule has 86 valence electrons. The molecule has 1 aliphatic carbocycles. The van der Waals surface area contributed by atoms with Gasteiger partial charge in [0.25, 0.3) is 0 Å². The number of hydrogen-bond acceptors (Lipinski definition) is 2. The lowest BCUT2D eigenvalue weighted by Gasteiger charge is -2.22. The van der Waals surface area contributed by atoms with Crippen LogP contribution in [0.15, 0.2) is 30.3 Å². The highest BCUT2D eigenvalue weighted by Crippen LogP contribution is 2.54. The molecule has 0 amide bonds. The van der Waals surface area contributed by atoms with Crippen molar-refractivity contribution >= 4 is 0 Å². The van der Waals surface area contributed by atoms with Crippen LogP contribution in [0, 0.1) is 5.41 Å². The molecule has 1 N–H and O–H groups in total. The zero-order chi connectivity index (χ0) is 11.0. The monoisotopic (exact) mass is 217 g/mol. The van der Waals surface area contributed by atoms with Crippen LogP contribution in [0.1, 0.15) is 24.8 Å². The van der Waals surface area contributed by atoms with Gasteiger partial charge in [0.15, 0.2) is 0 Å². The van der Waals surface area contributed by atoms with Crippen LogP contribution in [0.5, 0.6) is 0 Å². The zero-order valence-electron chi connectivity index (χ0n) is 9.60. The van der Waals surface area contributed by atoms with Gasteiger partial charge >= 0.3 is 0 Å². The van der Waals surface area contributed by atoms with E-state index in [-0.39, 0.29) is 0 Å². The molecule has 16 heavy (non-hydrogen) atoms. The van der Waals surface area contributed by atoms with E-state index in [4.69, 9.17) is 0 Å². The van der Waals surface area contributed by atoms with Gasteiger partial charge in [-0.3, -0.25) is 4.90 Å². The lowest BCUT2D eigenvalue weighted by atomic mass is 10.0. The Hall–Kier alpha value is -0.860. The predicted octanol–water partition coefficient (Wildman–Crippen LogP) is 2.03. The fourth-order valence-corrected chi connectivity index (χ4v) is 2.98. The van der Waals surface area contributed by atoms with Crippen molar-refractivity contribution in [3.63, 3.8) is 0 Å². The van der Waals surface area contributed by atoms with Crippen LogP contribution in [-0.2, 0) is 6.54 Å². The van der Waals surface area contributed by atoms with Crippen molar-refractivity contribution < 1.29 is 5.11 Å². The fourth-order valence-electron chi connectivity index (χ4n) is 2.98. The number of nitrogens with zero attached hydrogens (tertiary/aromatic N) is 1. The molecule has 0 aromatic heterocycles. The normalized spacial score (nSPS) is 27.4. The molecule has 1 atom stereocenters. The summed E-state index contributed by atoms with van der Waals surface area (Å²) in [6, 6.07) is 11.0. The van der Waals surface area contributed by atoms with Gasteiger partial charge in [-0.2, -0.15) is 0 Å². The minimum Gasteiger partial charge on any atom is -0.395 e. The van der Waals surface area contributed by atoms with E-state index in [1.54, 1.807) is 0 Å². The lowest BCUT2D eigenvalue weighted by molar-refractivity contribution is 0.153. The van der Waals surface area contributed by atoms with Crippen molar-refractivity contribution in [2.24, 2.45) is 5.41 Å². The molecule has 2 aliphatic rings. The van der Waals surface area contributed by atoms with Gasteiger partial charge in [0.1, 0.15) is 0 Å². The van der Waals surface area contributed by atoms with Crippen LogP contribution in [0.25, 0.3) is 0 Å². The highest BCUT2D eigenvalue weighted by atomic mass is 16.3. The van der Waals surface area contributed by atoms with Gasteiger partial charge in [0.2, 0.25) is 0 Å². The molecule has 2 nitrogen and oxygen atoms in total. The standard InChI is InChI=1S/C14H19NO/c16-10-13-8-14(6-7-14)11-15(13)9-12-4-2-1-3-5-12/h1-5,13,16H,6-11H2. The Morgan fingerprint density at radius 3 is 2.62 bits per heavy atom. The first-order valence-electron chi connectivity index (χ1n) is 6.20. The zero-order valence-corrected chi connectivity index (χ0v) is 9.60. The lowest BCUT2D eigenvalue weighted by Crippen LogP contribution is -2.31. The Labute approximate surface area is 96.9 Å². The minimum atomic E-state index is 0.314. The van der Waals surface area contributed by atoms with Gasteiger partial charge < -0.3 is 5.11 Å². The summed E-state index contributed by atoms with van der Waals surface area (Å²) in [7, 11) is 0. The molecule has 1 spiro atoms. The molecule has 2 heteroatoms. The van der Waals surface area contributed by atoms with Gasteiger partial charge in [-0.25, -0.2) is 0 Å². The summed E-state index contributed by atoms with van der Waals surface area (Å²) in [5, 5.41) is 9.43. The van der Waals surface area contributed by atoms with Crippen molar-refractivity contribution in [3.8, 4) is 0 Å². The predicted molar refractivity (Wildman–Crippen MR) is 64.0 cm³/mol. The number of hydrogen-bond donors (Lipinski definition) is 1. The second-order valence-corrected chi connectivity index (χ2v) is 5.43. The Balaban J connectivity index is 1.70. The molecule has 1 unspecified atom stereocenters. The van der Waals surface area contributed by atoms with Crippen LogP contribution in [-0.4, -0.2) is 29.2 Å². The van der Waals surface area contributed by atoms with Gasteiger partial charge in [-0.05, 0) is 30.2 Å². The highest BCUT2D eigenvalue weighted by molar-refractivity contribution is 5.16. The third kappa shape index (κ3) is 1.87. The van der Waals surface area contributed by atoms with Crippen molar-refractivity contribution in [2.45, 2.75) is 31.8 Å². The van der Waals surface area contributed by atoms with Crippen LogP contribution in [0.4, 0.5) is 0 Å². The second-order valence-electron chi connectivity index (χ2n) is 5.43. The van der Waals surface area contributed by atoms with Gasteiger partial charge in [0.05, 0.1) is 6.61 Å². The Morgan fingerprint density at radius 1 is 1.25 bits per heavy atom. The molecular weight excluding hydrogens is 198 g/mol. The maximum atomic E-state index is 9.43. The molecule has 2 fully saturated rings. The molecular formula is C14H19NO. The number of rotatable bonds is 3. The Bertz CT molecular complexity index is 358. The largest absolute Gasteiger partial charge is 0.395 e. The number of aliphatic hydroxyl groups excluding tert-OH is 1. The summed E-state index contributed by atoms with van der Waals surface area (Å²) in [5.41, 5.74) is 1.95. The van der Waals surface area contributed by atoms with Crippen LogP contribution in [0.2, 0.25) is 0 Å². The summed E-state index contributed by atoms with van der Waals surface area (Å²) in [6.07, 6.45) is 3.94. The van der Waals surface area contributed by atoms with E-state index in [0.29, 0.717) is 18.1 Å². The third-order valence-corrected chi connectivity index (χ3v) is 4.12. The average Bonchev–Trinajstić information content (AvgIpc) is 2.96. The molecule has 3 rings (SSSR count). The molecule has 0 bridgehead atoms.